The molecule has 0 fully saturated rings. The van der Waals surface area contributed by atoms with Gasteiger partial charge in [-0.05, 0) is 62.9 Å². The Bertz CT molecular complexity index is 419. The van der Waals surface area contributed by atoms with Gasteiger partial charge < -0.3 is 20.9 Å². The Balaban J connectivity index is 3.08. The van der Waals surface area contributed by atoms with Crippen LogP contribution in [0, 0.1) is 11.8 Å². The van der Waals surface area contributed by atoms with Crippen molar-refractivity contribution < 1.29 is 9.47 Å². The lowest BCUT2D eigenvalue weighted by Gasteiger charge is -2.28. The first-order valence-electron chi connectivity index (χ1n) is 7.88. The fourth-order valence-electron chi connectivity index (χ4n) is 2.64. The molecule has 0 saturated carbocycles. The number of rotatable bonds is 9. The highest BCUT2D eigenvalue weighted by molar-refractivity contribution is 5.42. The van der Waals surface area contributed by atoms with E-state index in [1.807, 2.05) is 26.0 Å². The van der Waals surface area contributed by atoms with E-state index < -0.39 is 0 Å². The molecule has 0 saturated heterocycles. The molecule has 2 unspecified atom stereocenters. The van der Waals surface area contributed by atoms with Gasteiger partial charge in [0.05, 0.1) is 13.2 Å². The van der Waals surface area contributed by atoms with E-state index in [0.717, 1.165) is 11.5 Å². The summed E-state index contributed by atoms with van der Waals surface area (Å²) in [6.45, 7) is 10.9. The Hall–Kier alpha value is -1.26. The monoisotopic (exact) mass is 294 g/mol. The molecule has 1 aromatic rings. The highest BCUT2D eigenvalue weighted by atomic mass is 16.5. The van der Waals surface area contributed by atoms with Crippen LogP contribution in [0.2, 0.25) is 0 Å². The average Bonchev–Trinajstić information content (AvgIpc) is 2.49. The van der Waals surface area contributed by atoms with Crippen LogP contribution >= 0.6 is 0 Å². The third-order valence-corrected chi connectivity index (χ3v) is 4.22. The van der Waals surface area contributed by atoms with Gasteiger partial charge in [-0.3, -0.25) is 0 Å². The first-order chi connectivity index (χ1) is 10.1. The number of benzene rings is 1. The molecule has 0 heterocycles. The zero-order chi connectivity index (χ0) is 15.8. The minimum atomic E-state index is 0.309. The van der Waals surface area contributed by atoms with Gasteiger partial charge in [-0.2, -0.15) is 0 Å². The molecule has 4 nitrogen and oxygen atoms in total. The minimum Gasteiger partial charge on any atom is -0.494 e. The lowest BCUT2D eigenvalue weighted by Crippen LogP contribution is -2.31. The van der Waals surface area contributed by atoms with Gasteiger partial charge in [-0.1, -0.05) is 13.8 Å². The number of hydrogen-bond donors (Lipinski definition) is 2. The molecule has 0 radical (unpaired) electrons. The van der Waals surface area contributed by atoms with E-state index in [2.05, 4.69) is 19.9 Å². The van der Waals surface area contributed by atoms with Crippen LogP contribution in [0.15, 0.2) is 18.2 Å². The van der Waals surface area contributed by atoms with E-state index in [0.29, 0.717) is 44.1 Å². The summed E-state index contributed by atoms with van der Waals surface area (Å²) >= 11 is 0. The van der Waals surface area contributed by atoms with E-state index in [-0.39, 0.29) is 0 Å². The van der Waals surface area contributed by atoms with Crippen LogP contribution in [0.4, 0.5) is 0 Å². The van der Waals surface area contributed by atoms with Crippen molar-refractivity contribution in [2.75, 3.05) is 26.3 Å². The van der Waals surface area contributed by atoms with Crippen molar-refractivity contribution >= 4 is 0 Å². The molecule has 4 N–H and O–H groups in total. The van der Waals surface area contributed by atoms with Gasteiger partial charge in [0, 0.05) is 5.56 Å². The van der Waals surface area contributed by atoms with Gasteiger partial charge in [0.15, 0.2) is 0 Å². The Labute approximate surface area is 128 Å². The molecule has 0 aliphatic rings. The quantitative estimate of drug-likeness (QED) is 0.734. The molecule has 0 spiro atoms. The Kier molecular flexibility index (Phi) is 7.54. The maximum Gasteiger partial charge on any atom is 0.123 e. The normalized spacial score (nSPS) is 14.0. The topological polar surface area (TPSA) is 70.5 Å². The summed E-state index contributed by atoms with van der Waals surface area (Å²) in [6, 6.07) is 6.03. The van der Waals surface area contributed by atoms with Crippen LogP contribution in [0.3, 0.4) is 0 Å². The molecular weight excluding hydrogens is 264 g/mol. The van der Waals surface area contributed by atoms with Crippen LogP contribution in [0.5, 0.6) is 11.5 Å². The lowest BCUT2D eigenvalue weighted by molar-refractivity contribution is 0.301. The van der Waals surface area contributed by atoms with E-state index in [4.69, 9.17) is 20.9 Å². The predicted molar refractivity (Wildman–Crippen MR) is 88.0 cm³/mol. The van der Waals surface area contributed by atoms with Crippen LogP contribution in [-0.2, 0) is 0 Å². The number of ether oxygens (including phenoxy) is 2. The zero-order valence-electron chi connectivity index (χ0n) is 13.8. The van der Waals surface area contributed by atoms with E-state index in [1.165, 1.54) is 5.56 Å². The third-order valence-electron chi connectivity index (χ3n) is 4.22. The third kappa shape index (κ3) is 4.61. The first-order valence-corrected chi connectivity index (χ1v) is 7.88. The van der Waals surface area contributed by atoms with E-state index >= 15 is 0 Å². The molecule has 2 atom stereocenters. The van der Waals surface area contributed by atoms with Gasteiger partial charge in [0.25, 0.3) is 0 Å². The second-order valence-corrected chi connectivity index (χ2v) is 5.44. The van der Waals surface area contributed by atoms with Crippen molar-refractivity contribution in [1.29, 1.82) is 0 Å². The molecular formula is C17H30N2O2. The van der Waals surface area contributed by atoms with Crippen molar-refractivity contribution in [1.82, 2.24) is 0 Å². The first kappa shape index (κ1) is 17.8. The predicted octanol–water partition coefficient (Wildman–Crippen LogP) is 2.76. The van der Waals surface area contributed by atoms with E-state index in [9.17, 15) is 0 Å². The SMILES string of the molecule is CCOc1ccc(OCC)c(C(C)C(C)C(CN)CN)c1. The molecule has 0 aliphatic heterocycles. The molecule has 0 amide bonds. The maximum absolute atomic E-state index is 5.84. The Morgan fingerprint density at radius 3 is 2.14 bits per heavy atom. The summed E-state index contributed by atoms with van der Waals surface area (Å²) < 4.78 is 11.4. The van der Waals surface area contributed by atoms with Gasteiger partial charge in [0.2, 0.25) is 0 Å². The maximum atomic E-state index is 5.84. The second-order valence-electron chi connectivity index (χ2n) is 5.44. The number of hydrogen-bond acceptors (Lipinski definition) is 4. The van der Waals surface area contributed by atoms with Crippen LogP contribution < -0.4 is 20.9 Å². The zero-order valence-corrected chi connectivity index (χ0v) is 13.8. The summed E-state index contributed by atoms with van der Waals surface area (Å²) in [6.07, 6.45) is 0. The fraction of sp³-hybridized carbons (Fsp3) is 0.647. The number of nitrogens with two attached hydrogens (primary N) is 2. The molecule has 21 heavy (non-hydrogen) atoms. The Morgan fingerprint density at radius 2 is 1.62 bits per heavy atom. The summed E-state index contributed by atoms with van der Waals surface area (Å²) in [5, 5.41) is 0. The van der Waals surface area contributed by atoms with Gasteiger partial charge in [0.1, 0.15) is 11.5 Å². The summed E-state index contributed by atoms with van der Waals surface area (Å²) in [5.74, 6) is 2.81. The molecule has 0 aliphatic carbocycles. The molecule has 0 aromatic heterocycles. The average molecular weight is 294 g/mol. The largest absolute Gasteiger partial charge is 0.494 e. The molecule has 120 valence electrons. The summed E-state index contributed by atoms with van der Waals surface area (Å²) in [5.41, 5.74) is 12.8. The minimum absolute atomic E-state index is 0.309. The van der Waals surface area contributed by atoms with Crippen molar-refractivity contribution in [2.24, 2.45) is 23.3 Å². The highest BCUT2D eigenvalue weighted by Gasteiger charge is 2.24. The molecule has 1 rings (SSSR count). The van der Waals surface area contributed by atoms with Crippen LogP contribution in [-0.4, -0.2) is 26.3 Å². The van der Waals surface area contributed by atoms with Crippen molar-refractivity contribution in [2.45, 2.75) is 33.6 Å². The lowest BCUT2D eigenvalue weighted by atomic mass is 9.79. The Morgan fingerprint density at radius 1 is 1.00 bits per heavy atom. The summed E-state index contributed by atoms with van der Waals surface area (Å²) in [7, 11) is 0. The van der Waals surface area contributed by atoms with Gasteiger partial charge in [-0.25, -0.2) is 0 Å². The van der Waals surface area contributed by atoms with E-state index in [1.54, 1.807) is 0 Å². The standard InChI is InChI=1S/C17H30N2O2/c1-5-20-15-7-8-17(21-6-2)16(9-15)13(4)12(3)14(10-18)11-19/h7-9,12-14H,5-6,10-11,18-19H2,1-4H3. The summed E-state index contributed by atoms with van der Waals surface area (Å²) in [4.78, 5) is 0. The van der Waals surface area contributed by atoms with Gasteiger partial charge >= 0.3 is 0 Å². The van der Waals surface area contributed by atoms with Crippen LogP contribution in [0.1, 0.15) is 39.2 Å². The molecule has 4 heteroatoms. The van der Waals surface area contributed by atoms with Crippen molar-refractivity contribution in [3.8, 4) is 11.5 Å². The molecule has 0 bridgehead atoms. The molecule has 1 aromatic carbocycles. The van der Waals surface area contributed by atoms with Crippen molar-refractivity contribution in [3.05, 3.63) is 23.8 Å². The second kappa shape index (κ2) is 8.90. The fourth-order valence-corrected chi connectivity index (χ4v) is 2.64. The van der Waals surface area contributed by atoms with Gasteiger partial charge in [-0.15, -0.1) is 0 Å². The van der Waals surface area contributed by atoms with Crippen molar-refractivity contribution in [3.63, 3.8) is 0 Å². The smallest absolute Gasteiger partial charge is 0.123 e. The van der Waals surface area contributed by atoms with Crippen LogP contribution in [0.25, 0.3) is 0 Å². The highest BCUT2D eigenvalue weighted by Crippen LogP contribution is 2.37.